The quantitative estimate of drug-likeness (QED) is 0.773. The summed E-state index contributed by atoms with van der Waals surface area (Å²) in [5.74, 6) is -0.421. The topological polar surface area (TPSA) is 88.3 Å². The molecule has 1 unspecified atom stereocenters. The van der Waals surface area contributed by atoms with E-state index in [1.54, 1.807) is 0 Å². The summed E-state index contributed by atoms with van der Waals surface area (Å²) in [4.78, 5) is 26.8. The van der Waals surface area contributed by atoms with Crippen molar-refractivity contribution in [1.29, 1.82) is 0 Å². The molecule has 1 aliphatic heterocycles. The van der Waals surface area contributed by atoms with E-state index in [4.69, 9.17) is 4.42 Å². The molecular formula is C20H31FN4O3. The van der Waals surface area contributed by atoms with E-state index in [0.717, 1.165) is 25.7 Å². The van der Waals surface area contributed by atoms with Gasteiger partial charge in [-0.15, -0.1) is 10.2 Å². The van der Waals surface area contributed by atoms with Gasteiger partial charge in [0, 0.05) is 17.4 Å². The number of nitrogens with one attached hydrogen (secondary N) is 1. The van der Waals surface area contributed by atoms with Gasteiger partial charge in [-0.2, -0.15) is 0 Å². The predicted molar refractivity (Wildman–Crippen MR) is 102 cm³/mol. The number of hydrogen-bond donors (Lipinski definition) is 1. The molecule has 1 aromatic rings. The average Bonchev–Trinajstić information content (AvgIpc) is 3.26. The van der Waals surface area contributed by atoms with E-state index >= 15 is 0 Å². The van der Waals surface area contributed by atoms with Crippen molar-refractivity contribution < 1.29 is 18.4 Å². The summed E-state index contributed by atoms with van der Waals surface area (Å²) in [6.45, 7) is 7.87. The van der Waals surface area contributed by atoms with Crippen LogP contribution in [-0.4, -0.2) is 57.6 Å². The van der Waals surface area contributed by atoms with E-state index in [1.807, 2.05) is 20.8 Å². The number of amides is 1. The zero-order valence-electron chi connectivity index (χ0n) is 17.3. The van der Waals surface area contributed by atoms with Crippen LogP contribution in [0.5, 0.6) is 0 Å². The van der Waals surface area contributed by atoms with Crippen LogP contribution in [0.3, 0.4) is 0 Å². The molecule has 2 fully saturated rings. The van der Waals surface area contributed by atoms with Crippen LogP contribution in [0, 0.1) is 0 Å². The van der Waals surface area contributed by atoms with Crippen molar-refractivity contribution in [1.82, 2.24) is 20.4 Å². The molecule has 0 aromatic carbocycles. The first-order valence-electron chi connectivity index (χ1n) is 10.2. The lowest BCUT2D eigenvalue weighted by Gasteiger charge is -2.29. The maximum absolute atomic E-state index is 14.1. The van der Waals surface area contributed by atoms with E-state index in [0.29, 0.717) is 5.89 Å². The normalized spacial score (nSPS) is 25.1. The number of alkyl halides is 1. The summed E-state index contributed by atoms with van der Waals surface area (Å²) in [5.41, 5.74) is -0.463. The lowest BCUT2D eigenvalue weighted by Crippen LogP contribution is -2.48. The van der Waals surface area contributed by atoms with Gasteiger partial charge in [-0.25, -0.2) is 4.39 Å². The molecule has 1 aromatic heterocycles. The number of aromatic nitrogens is 2. The molecule has 156 valence electrons. The molecule has 2 heterocycles. The van der Waals surface area contributed by atoms with E-state index in [1.165, 1.54) is 11.3 Å². The van der Waals surface area contributed by atoms with Gasteiger partial charge in [-0.05, 0) is 33.6 Å². The molecular weight excluding hydrogens is 363 g/mol. The summed E-state index contributed by atoms with van der Waals surface area (Å²) in [5, 5.41) is 11.1. The Morgan fingerprint density at radius 3 is 2.57 bits per heavy atom. The fraction of sp³-hybridized carbons (Fsp3) is 0.800. The number of rotatable bonds is 5. The van der Waals surface area contributed by atoms with Crippen LogP contribution in [0.15, 0.2) is 4.42 Å². The molecule has 0 radical (unpaired) electrons. The van der Waals surface area contributed by atoms with E-state index in [-0.39, 0.29) is 42.3 Å². The zero-order chi connectivity index (χ0) is 20.5. The van der Waals surface area contributed by atoms with Crippen LogP contribution < -0.4 is 5.32 Å². The van der Waals surface area contributed by atoms with Crippen LogP contribution in [0.2, 0.25) is 0 Å². The van der Waals surface area contributed by atoms with Crippen LogP contribution >= 0.6 is 0 Å². The van der Waals surface area contributed by atoms with Gasteiger partial charge in [0.2, 0.25) is 17.6 Å². The van der Waals surface area contributed by atoms with Crippen LogP contribution in [0.1, 0.15) is 82.8 Å². The van der Waals surface area contributed by atoms with Crippen LogP contribution in [0.25, 0.3) is 0 Å². The van der Waals surface area contributed by atoms with Gasteiger partial charge in [-0.1, -0.05) is 26.2 Å². The van der Waals surface area contributed by atoms with E-state index in [9.17, 15) is 14.0 Å². The standard InChI is InChI=1S/C20H31FN4O3/c1-19(2,3)22-11-15(26)25-12-13(21)10-14(25)16(27)17-23-24-18(28-17)20(4)8-6-5-7-9-20/h13-14,22H,5-12H2,1-4H3/t13-,14?/m0/s1. The summed E-state index contributed by atoms with van der Waals surface area (Å²) < 4.78 is 19.8. The summed E-state index contributed by atoms with van der Waals surface area (Å²) >= 11 is 0. The Bertz CT molecular complexity index is 721. The number of carbonyl (C=O) groups is 2. The van der Waals surface area contributed by atoms with E-state index < -0.39 is 18.0 Å². The number of likely N-dealkylation sites (tertiary alicyclic amines) is 1. The van der Waals surface area contributed by atoms with Crippen molar-refractivity contribution in [2.75, 3.05) is 13.1 Å². The SMILES string of the molecule is CC(C)(C)NCC(=O)N1C[C@@H](F)CC1C(=O)c1nnc(C2(C)CCCCC2)o1. The molecule has 1 N–H and O–H groups in total. The summed E-state index contributed by atoms with van der Waals surface area (Å²) in [6, 6.07) is -0.892. The van der Waals surface area contributed by atoms with Gasteiger partial charge >= 0.3 is 0 Å². The molecule has 1 saturated carbocycles. The predicted octanol–water partition coefficient (Wildman–Crippen LogP) is 2.80. The minimum atomic E-state index is -1.23. The molecule has 28 heavy (non-hydrogen) atoms. The number of nitrogens with zero attached hydrogens (tertiary/aromatic N) is 3. The summed E-state index contributed by atoms with van der Waals surface area (Å²) in [6.07, 6.45) is 4.01. The van der Waals surface area contributed by atoms with Crippen molar-refractivity contribution in [2.45, 2.75) is 89.4 Å². The van der Waals surface area contributed by atoms with Gasteiger partial charge in [0.05, 0.1) is 13.1 Å². The Kier molecular flexibility index (Phi) is 5.89. The Balaban J connectivity index is 1.72. The fourth-order valence-electron chi connectivity index (χ4n) is 4.01. The monoisotopic (exact) mass is 394 g/mol. The minimum Gasteiger partial charge on any atom is -0.418 e. The lowest BCUT2D eigenvalue weighted by atomic mass is 9.76. The number of ketones is 1. The smallest absolute Gasteiger partial charge is 0.286 e. The molecule has 3 rings (SSSR count). The first kappa shape index (κ1) is 20.9. The number of carbonyl (C=O) groups excluding carboxylic acids is 2. The lowest BCUT2D eigenvalue weighted by molar-refractivity contribution is -0.130. The number of halogens is 1. The van der Waals surface area contributed by atoms with Crippen LogP contribution in [-0.2, 0) is 10.2 Å². The maximum Gasteiger partial charge on any atom is 0.286 e. The highest BCUT2D eigenvalue weighted by molar-refractivity contribution is 5.99. The van der Waals surface area contributed by atoms with Crippen molar-refractivity contribution in [2.24, 2.45) is 0 Å². The fourth-order valence-corrected chi connectivity index (χ4v) is 4.01. The van der Waals surface area contributed by atoms with E-state index in [2.05, 4.69) is 22.4 Å². The first-order valence-corrected chi connectivity index (χ1v) is 10.2. The molecule has 8 heteroatoms. The zero-order valence-corrected chi connectivity index (χ0v) is 17.3. The van der Waals surface area contributed by atoms with Crippen molar-refractivity contribution in [3.63, 3.8) is 0 Å². The summed E-state index contributed by atoms with van der Waals surface area (Å²) in [7, 11) is 0. The van der Waals surface area contributed by atoms with Crippen molar-refractivity contribution in [3.05, 3.63) is 11.8 Å². The minimum absolute atomic E-state index is 0.0327. The Morgan fingerprint density at radius 2 is 1.93 bits per heavy atom. The molecule has 0 bridgehead atoms. The van der Waals surface area contributed by atoms with Gasteiger partial charge < -0.3 is 14.6 Å². The highest BCUT2D eigenvalue weighted by Gasteiger charge is 2.43. The highest BCUT2D eigenvalue weighted by atomic mass is 19.1. The second-order valence-corrected chi connectivity index (χ2v) is 9.40. The first-order chi connectivity index (χ1) is 13.1. The molecule has 1 amide bonds. The highest BCUT2D eigenvalue weighted by Crippen LogP contribution is 2.38. The third kappa shape index (κ3) is 4.59. The number of Topliss-reactive ketones (excluding diaryl/α,β-unsaturated/α-hetero) is 1. The third-order valence-electron chi connectivity index (χ3n) is 5.75. The molecule has 2 atom stereocenters. The maximum atomic E-state index is 14.1. The molecule has 1 aliphatic carbocycles. The number of hydrogen-bond acceptors (Lipinski definition) is 6. The van der Waals surface area contributed by atoms with Gasteiger partial charge in [-0.3, -0.25) is 9.59 Å². The second kappa shape index (κ2) is 7.89. The van der Waals surface area contributed by atoms with Gasteiger partial charge in [0.1, 0.15) is 12.2 Å². The molecule has 7 nitrogen and oxygen atoms in total. The Labute approximate surface area is 165 Å². The van der Waals surface area contributed by atoms with Gasteiger partial charge in [0.15, 0.2) is 0 Å². The molecule has 2 aliphatic rings. The van der Waals surface area contributed by atoms with Crippen molar-refractivity contribution >= 4 is 11.7 Å². The average molecular weight is 394 g/mol. The Morgan fingerprint density at radius 1 is 1.25 bits per heavy atom. The molecule has 0 spiro atoms. The Hall–Kier alpha value is -1.83. The van der Waals surface area contributed by atoms with Crippen molar-refractivity contribution in [3.8, 4) is 0 Å². The second-order valence-electron chi connectivity index (χ2n) is 9.40. The largest absolute Gasteiger partial charge is 0.418 e. The third-order valence-corrected chi connectivity index (χ3v) is 5.75. The van der Waals surface area contributed by atoms with Gasteiger partial charge in [0.25, 0.3) is 5.89 Å². The van der Waals surface area contributed by atoms with Crippen LogP contribution in [0.4, 0.5) is 4.39 Å². The molecule has 1 saturated heterocycles.